The Kier molecular flexibility index (Phi) is 6.64. The summed E-state index contributed by atoms with van der Waals surface area (Å²) in [6.45, 7) is 2.98. The van der Waals surface area contributed by atoms with Crippen LogP contribution in [-0.4, -0.2) is 46.4 Å². The molecule has 162 valence electrons. The van der Waals surface area contributed by atoms with Crippen LogP contribution in [-0.2, 0) is 19.9 Å². The molecule has 1 amide bonds. The number of nitrogens with zero attached hydrogens (tertiary/aromatic N) is 1. The van der Waals surface area contributed by atoms with Crippen LogP contribution in [0.4, 0.5) is 0 Å². The van der Waals surface area contributed by atoms with E-state index in [1.807, 2.05) is 6.92 Å². The highest BCUT2D eigenvalue weighted by molar-refractivity contribution is 7.90. The second-order valence-electron chi connectivity index (χ2n) is 7.41. The fourth-order valence-corrected chi connectivity index (χ4v) is 5.61. The molecule has 0 spiro atoms. The average molecular weight is 451 g/mol. The van der Waals surface area contributed by atoms with Crippen molar-refractivity contribution >= 4 is 25.8 Å². The Labute approximate surface area is 178 Å². The van der Waals surface area contributed by atoms with E-state index in [1.54, 1.807) is 12.1 Å². The number of hydrogen-bond acceptors (Lipinski definition) is 5. The zero-order valence-electron chi connectivity index (χ0n) is 17.0. The van der Waals surface area contributed by atoms with E-state index in [9.17, 15) is 21.6 Å². The standard InChI is InChI=1S/C21H26N2O5S2/c1-3-20(16-6-10-18(11-7-16)29(2,25)26)22-21(24)17-8-12-19(13-9-17)30(27,28)23-14-4-5-15-23/h6-13,20H,3-5,14-15H2,1-2H3,(H,22,24). The van der Waals surface area contributed by atoms with Crippen LogP contribution in [0.3, 0.4) is 0 Å². The lowest BCUT2D eigenvalue weighted by Gasteiger charge is -2.18. The lowest BCUT2D eigenvalue weighted by molar-refractivity contribution is 0.0935. The lowest BCUT2D eigenvalue weighted by Crippen LogP contribution is -2.29. The summed E-state index contributed by atoms with van der Waals surface area (Å²) in [5.41, 5.74) is 1.16. The zero-order valence-corrected chi connectivity index (χ0v) is 18.7. The minimum atomic E-state index is -3.52. The summed E-state index contributed by atoms with van der Waals surface area (Å²) in [5.74, 6) is -0.320. The monoisotopic (exact) mass is 450 g/mol. The van der Waals surface area contributed by atoms with Crippen LogP contribution in [0.2, 0.25) is 0 Å². The van der Waals surface area contributed by atoms with E-state index in [0.29, 0.717) is 25.1 Å². The van der Waals surface area contributed by atoms with Gasteiger partial charge < -0.3 is 5.32 Å². The van der Waals surface area contributed by atoms with Gasteiger partial charge in [-0.15, -0.1) is 0 Å². The average Bonchev–Trinajstić information content (AvgIpc) is 3.27. The number of carbonyl (C=O) groups excluding carboxylic acids is 1. The Hall–Kier alpha value is -2.23. The SMILES string of the molecule is CCC(NC(=O)c1ccc(S(=O)(=O)N2CCCC2)cc1)c1ccc(S(C)(=O)=O)cc1. The Balaban J connectivity index is 1.73. The maximum absolute atomic E-state index is 12.7. The van der Waals surface area contributed by atoms with Crippen LogP contribution in [0.25, 0.3) is 0 Å². The topological polar surface area (TPSA) is 101 Å². The summed E-state index contributed by atoms with van der Waals surface area (Å²) in [4.78, 5) is 13.1. The first-order valence-electron chi connectivity index (χ1n) is 9.84. The zero-order chi connectivity index (χ0) is 21.9. The van der Waals surface area contributed by atoms with Gasteiger partial charge in [0, 0.05) is 24.9 Å². The Bertz CT molecular complexity index is 1100. The van der Waals surface area contributed by atoms with Crippen molar-refractivity contribution in [3.8, 4) is 0 Å². The molecule has 0 saturated carbocycles. The Morgan fingerprint density at radius 3 is 1.97 bits per heavy atom. The van der Waals surface area contributed by atoms with E-state index in [-0.39, 0.29) is 21.7 Å². The maximum atomic E-state index is 12.7. The van der Waals surface area contributed by atoms with E-state index >= 15 is 0 Å². The minimum Gasteiger partial charge on any atom is -0.345 e. The van der Waals surface area contributed by atoms with Gasteiger partial charge in [-0.2, -0.15) is 4.31 Å². The van der Waals surface area contributed by atoms with Gasteiger partial charge in [0.1, 0.15) is 0 Å². The summed E-state index contributed by atoms with van der Waals surface area (Å²) < 4.78 is 49.9. The van der Waals surface area contributed by atoms with Crippen LogP contribution in [0.15, 0.2) is 58.3 Å². The molecule has 0 bridgehead atoms. The van der Waals surface area contributed by atoms with Crippen LogP contribution < -0.4 is 5.32 Å². The molecule has 9 heteroatoms. The smallest absolute Gasteiger partial charge is 0.251 e. The van der Waals surface area contributed by atoms with E-state index in [0.717, 1.165) is 24.7 Å². The molecule has 0 aliphatic carbocycles. The fraction of sp³-hybridized carbons (Fsp3) is 0.381. The van der Waals surface area contributed by atoms with Crippen LogP contribution >= 0.6 is 0 Å². The Morgan fingerprint density at radius 2 is 1.47 bits per heavy atom. The lowest BCUT2D eigenvalue weighted by atomic mass is 10.0. The van der Waals surface area contributed by atoms with E-state index < -0.39 is 19.9 Å². The normalized spacial score (nSPS) is 16.3. The largest absolute Gasteiger partial charge is 0.345 e. The highest BCUT2D eigenvalue weighted by atomic mass is 32.2. The molecule has 1 N–H and O–H groups in total. The molecular formula is C21H26N2O5S2. The highest BCUT2D eigenvalue weighted by Crippen LogP contribution is 2.22. The molecule has 7 nitrogen and oxygen atoms in total. The molecule has 30 heavy (non-hydrogen) atoms. The summed E-state index contributed by atoms with van der Waals surface area (Å²) in [7, 11) is -6.80. The van der Waals surface area contributed by atoms with Gasteiger partial charge in [0.05, 0.1) is 15.8 Å². The number of amides is 1. The third-order valence-corrected chi connectivity index (χ3v) is 8.28. The molecule has 0 radical (unpaired) electrons. The van der Waals surface area contributed by atoms with Gasteiger partial charge in [0.2, 0.25) is 10.0 Å². The number of carbonyl (C=O) groups is 1. The molecular weight excluding hydrogens is 424 g/mol. The van der Waals surface area contributed by atoms with E-state index in [4.69, 9.17) is 0 Å². The maximum Gasteiger partial charge on any atom is 0.251 e. The molecule has 1 saturated heterocycles. The predicted octanol–water partition coefficient (Wildman–Crippen LogP) is 2.76. The van der Waals surface area contributed by atoms with Gasteiger partial charge in [-0.25, -0.2) is 16.8 Å². The summed E-state index contributed by atoms with van der Waals surface area (Å²) >= 11 is 0. The fourth-order valence-electron chi connectivity index (χ4n) is 3.47. The van der Waals surface area contributed by atoms with Gasteiger partial charge >= 0.3 is 0 Å². The second-order valence-corrected chi connectivity index (χ2v) is 11.4. The van der Waals surface area contributed by atoms with E-state index in [2.05, 4.69) is 5.32 Å². The summed E-state index contributed by atoms with van der Waals surface area (Å²) in [6, 6.07) is 12.1. The van der Waals surface area contributed by atoms with Crippen molar-refractivity contribution < 1.29 is 21.6 Å². The molecule has 2 aromatic carbocycles. The van der Waals surface area contributed by atoms with Crippen molar-refractivity contribution in [1.82, 2.24) is 9.62 Å². The number of hydrogen-bond donors (Lipinski definition) is 1. The van der Waals surface area contributed by atoms with Crippen molar-refractivity contribution in [3.63, 3.8) is 0 Å². The van der Waals surface area contributed by atoms with Crippen LogP contribution in [0.5, 0.6) is 0 Å². The van der Waals surface area contributed by atoms with Crippen molar-refractivity contribution in [3.05, 3.63) is 59.7 Å². The van der Waals surface area contributed by atoms with Gasteiger partial charge in [-0.05, 0) is 61.2 Å². The second kappa shape index (κ2) is 8.87. The number of sulfone groups is 1. The first kappa shape index (κ1) is 22.5. The summed E-state index contributed by atoms with van der Waals surface area (Å²) in [5, 5.41) is 2.92. The quantitative estimate of drug-likeness (QED) is 0.699. The van der Waals surface area contributed by atoms with Crippen LogP contribution in [0.1, 0.15) is 48.1 Å². The molecule has 3 rings (SSSR count). The number of sulfonamides is 1. The predicted molar refractivity (Wildman–Crippen MR) is 114 cm³/mol. The van der Waals surface area contributed by atoms with Gasteiger partial charge in [-0.3, -0.25) is 4.79 Å². The first-order valence-corrected chi connectivity index (χ1v) is 13.2. The third kappa shape index (κ3) is 4.91. The van der Waals surface area contributed by atoms with Crippen molar-refractivity contribution in [1.29, 1.82) is 0 Å². The van der Waals surface area contributed by atoms with Crippen LogP contribution in [0, 0.1) is 0 Å². The van der Waals surface area contributed by atoms with Gasteiger partial charge in [-0.1, -0.05) is 19.1 Å². The molecule has 1 fully saturated rings. The van der Waals surface area contributed by atoms with Gasteiger partial charge in [0.25, 0.3) is 5.91 Å². The van der Waals surface area contributed by atoms with Crippen molar-refractivity contribution in [2.45, 2.75) is 42.0 Å². The molecule has 1 atom stereocenters. The highest BCUT2D eigenvalue weighted by Gasteiger charge is 2.27. The number of benzene rings is 2. The first-order chi connectivity index (χ1) is 14.1. The molecule has 1 unspecified atom stereocenters. The minimum absolute atomic E-state index is 0.185. The number of nitrogens with one attached hydrogen (secondary N) is 1. The molecule has 1 aliphatic heterocycles. The van der Waals surface area contributed by atoms with Gasteiger partial charge in [0.15, 0.2) is 9.84 Å². The van der Waals surface area contributed by atoms with E-state index in [1.165, 1.54) is 40.7 Å². The number of rotatable bonds is 7. The van der Waals surface area contributed by atoms with Crippen molar-refractivity contribution in [2.24, 2.45) is 0 Å². The summed E-state index contributed by atoms with van der Waals surface area (Å²) in [6.07, 6.45) is 3.49. The van der Waals surface area contributed by atoms with Crippen molar-refractivity contribution in [2.75, 3.05) is 19.3 Å². The molecule has 0 aromatic heterocycles. The molecule has 1 heterocycles. The molecule has 2 aromatic rings. The third-order valence-electron chi connectivity index (χ3n) is 5.24. The molecule has 1 aliphatic rings. The Morgan fingerprint density at radius 1 is 0.933 bits per heavy atom.